The Kier molecular flexibility index (Phi) is 3.86. The van der Waals surface area contributed by atoms with Crippen molar-refractivity contribution in [2.45, 2.75) is 13.3 Å². The van der Waals surface area contributed by atoms with E-state index in [-0.39, 0.29) is 24.0 Å². The second-order valence-electron chi connectivity index (χ2n) is 3.62. The highest BCUT2D eigenvalue weighted by molar-refractivity contribution is 7.13. The second-order valence-corrected chi connectivity index (χ2v) is 4.48. The second kappa shape index (κ2) is 5.57. The van der Waals surface area contributed by atoms with Crippen LogP contribution in [0, 0.1) is 10.1 Å². The molecule has 0 fully saturated rings. The summed E-state index contributed by atoms with van der Waals surface area (Å²) in [6.45, 7) is 1.70. The molecule has 0 unspecified atom stereocenters. The van der Waals surface area contributed by atoms with Gasteiger partial charge >= 0.3 is 5.97 Å². The van der Waals surface area contributed by atoms with Crippen LogP contribution < -0.4 is 4.74 Å². The molecular weight excluding hydrogens is 268 g/mol. The zero-order valence-electron chi connectivity index (χ0n) is 10.0. The fourth-order valence-corrected chi connectivity index (χ4v) is 2.08. The quantitative estimate of drug-likeness (QED) is 0.487. The van der Waals surface area contributed by atoms with Crippen LogP contribution in [0.4, 0.5) is 5.69 Å². The van der Waals surface area contributed by atoms with E-state index >= 15 is 0 Å². The summed E-state index contributed by atoms with van der Waals surface area (Å²) in [5, 5.41) is 12.8. The number of esters is 1. The first-order chi connectivity index (χ1) is 9.10. The van der Waals surface area contributed by atoms with Crippen LogP contribution in [0.1, 0.15) is 13.3 Å². The molecule has 0 saturated heterocycles. The number of nitro benzene ring substituents is 1. The Labute approximate surface area is 112 Å². The van der Waals surface area contributed by atoms with Crippen molar-refractivity contribution in [1.29, 1.82) is 0 Å². The molecule has 0 aliphatic carbocycles. The van der Waals surface area contributed by atoms with E-state index in [1.54, 1.807) is 24.4 Å². The number of carbonyl (C=O) groups excluding carboxylic acids is 1. The fraction of sp³-hybridized carbons (Fsp3) is 0.167. The van der Waals surface area contributed by atoms with Crippen molar-refractivity contribution in [2.75, 3.05) is 0 Å². The Morgan fingerprint density at radius 2 is 2.11 bits per heavy atom. The van der Waals surface area contributed by atoms with Crippen LogP contribution in [0.2, 0.25) is 0 Å². The highest BCUT2D eigenvalue weighted by Gasteiger charge is 2.10. The van der Waals surface area contributed by atoms with Crippen molar-refractivity contribution in [3.63, 3.8) is 0 Å². The van der Waals surface area contributed by atoms with Gasteiger partial charge < -0.3 is 4.74 Å². The van der Waals surface area contributed by atoms with E-state index in [4.69, 9.17) is 4.74 Å². The van der Waals surface area contributed by atoms with Crippen LogP contribution >= 0.6 is 11.3 Å². The van der Waals surface area contributed by atoms with Gasteiger partial charge in [0.05, 0.1) is 10.3 Å². The molecule has 0 aliphatic rings. The molecule has 0 spiro atoms. The number of nitro groups is 1. The van der Waals surface area contributed by atoms with E-state index < -0.39 is 4.92 Å². The molecule has 0 radical (unpaired) electrons. The molecule has 2 rings (SSSR count). The minimum absolute atomic E-state index is 0.0259. The molecule has 0 amide bonds. The predicted molar refractivity (Wildman–Crippen MR) is 70.1 cm³/mol. The molecule has 0 N–H and O–H groups in total. The SMILES string of the molecule is CCC(=O)Oc1csc(-c2ccc([N+](=O)[O-])cc2)n1. The highest BCUT2D eigenvalue weighted by Crippen LogP contribution is 2.28. The summed E-state index contributed by atoms with van der Waals surface area (Å²) in [6.07, 6.45) is 0.282. The number of non-ortho nitro benzene ring substituents is 1. The van der Waals surface area contributed by atoms with E-state index in [0.29, 0.717) is 5.01 Å². The average Bonchev–Trinajstić information content (AvgIpc) is 2.87. The van der Waals surface area contributed by atoms with Gasteiger partial charge in [0.2, 0.25) is 5.88 Å². The number of rotatable bonds is 4. The van der Waals surface area contributed by atoms with Gasteiger partial charge in [-0.15, -0.1) is 11.3 Å². The van der Waals surface area contributed by atoms with Crippen molar-refractivity contribution in [1.82, 2.24) is 4.98 Å². The van der Waals surface area contributed by atoms with Gasteiger partial charge in [0.25, 0.3) is 5.69 Å². The molecule has 6 nitrogen and oxygen atoms in total. The number of nitrogens with zero attached hydrogens (tertiary/aromatic N) is 2. The summed E-state index contributed by atoms with van der Waals surface area (Å²) >= 11 is 1.31. The monoisotopic (exact) mass is 278 g/mol. The predicted octanol–water partition coefficient (Wildman–Crippen LogP) is 3.03. The normalized spacial score (nSPS) is 10.2. The van der Waals surface area contributed by atoms with Gasteiger partial charge in [-0.3, -0.25) is 14.9 Å². The summed E-state index contributed by atoms with van der Waals surface area (Å²) in [5.74, 6) is -0.0919. The molecule has 1 aromatic heterocycles. The topological polar surface area (TPSA) is 82.3 Å². The van der Waals surface area contributed by atoms with Crippen LogP contribution in [0.15, 0.2) is 29.6 Å². The molecule has 0 atom stereocenters. The van der Waals surface area contributed by atoms with Crippen molar-refractivity contribution in [2.24, 2.45) is 0 Å². The number of thiazole rings is 1. The van der Waals surface area contributed by atoms with Crippen LogP contribution in [0.5, 0.6) is 5.88 Å². The number of hydrogen-bond donors (Lipinski definition) is 0. The third kappa shape index (κ3) is 3.14. The number of benzene rings is 1. The third-order valence-electron chi connectivity index (χ3n) is 2.32. The van der Waals surface area contributed by atoms with Gasteiger partial charge in [-0.2, -0.15) is 0 Å². The lowest BCUT2D eigenvalue weighted by molar-refractivity contribution is -0.384. The van der Waals surface area contributed by atoms with Crippen LogP contribution in [0.25, 0.3) is 10.6 Å². The highest BCUT2D eigenvalue weighted by atomic mass is 32.1. The van der Waals surface area contributed by atoms with Crippen LogP contribution in [0.3, 0.4) is 0 Å². The van der Waals surface area contributed by atoms with Crippen molar-refractivity contribution in [3.05, 3.63) is 39.8 Å². The lowest BCUT2D eigenvalue weighted by atomic mass is 10.2. The molecule has 19 heavy (non-hydrogen) atoms. The summed E-state index contributed by atoms with van der Waals surface area (Å²) in [7, 11) is 0. The fourth-order valence-electron chi connectivity index (χ4n) is 1.35. The molecule has 1 heterocycles. The zero-order chi connectivity index (χ0) is 13.8. The lowest BCUT2D eigenvalue weighted by Crippen LogP contribution is -2.05. The maximum atomic E-state index is 11.1. The Hall–Kier alpha value is -2.28. The number of carbonyl (C=O) groups is 1. The summed E-state index contributed by atoms with van der Waals surface area (Å²) in [6, 6.07) is 6.05. The number of hydrogen-bond acceptors (Lipinski definition) is 6. The first-order valence-electron chi connectivity index (χ1n) is 5.51. The van der Waals surface area contributed by atoms with E-state index in [1.165, 1.54) is 23.5 Å². The van der Waals surface area contributed by atoms with E-state index in [2.05, 4.69) is 4.98 Å². The lowest BCUT2D eigenvalue weighted by Gasteiger charge is -1.97. The van der Waals surface area contributed by atoms with E-state index in [0.717, 1.165) is 5.56 Å². The average molecular weight is 278 g/mol. The van der Waals surface area contributed by atoms with Crippen LogP contribution in [-0.4, -0.2) is 15.9 Å². The van der Waals surface area contributed by atoms with Gasteiger partial charge in [0, 0.05) is 24.1 Å². The van der Waals surface area contributed by atoms with Crippen molar-refractivity contribution < 1.29 is 14.5 Å². The first kappa shape index (κ1) is 13.2. The van der Waals surface area contributed by atoms with Gasteiger partial charge in [-0.1, -0.05) is 6.92 Å². The Balaban J connectivity index is 2.18. The maximum absolute atomic E-state index is 11.1. The standard InChI is InChI=1S/C12H10N2O4S/c1-2-11(15)18-10-7-19-12(13-10)8-3-5-9(6-4-8)14(16)17/h3-7H,2H2,1H3. The molecule has 98 valence electrons. The van der Waals surface area contributed by atoms with Gasteiger partial charge in [0.15, 0.2) is 0 Å². The minimum atomic E-state index is -0.458. The number of ether oxygens (including phenoxy) is 1. The molecule has 0 bridgehead atoms. The molecule has 7 heteroatoms. The number of aromatic nitrogens is 1. The Morgan fingerprint density at radius 3 is 2.68 bits per heavy atom. The Morgan fingerprint density at radius 1 is 1.42 bits per heavy atom. The smallest absolute Gasteiger partial charge is 0.312 e. The zero-order valence-corrected chi connectivity index (χ0v) is 10.8. The summed E-state index contributed by atoms with van der Waals surface area (Å²) < 4.78 is 4.98. The minimum Gasteiger partial charge on any atom is -0.407 e. The first-order valence-corrected chi connectivity index (χ1v) is 6.39. The van der Waals surface area contributed by atoms with Gasteiger partial charge in [-0.05, 0) is 12.1 Å². The van der Waals surface area contributed by atoms with E-state index in [9.17, 15) is 14.9 Å². The van der Waals surface area contributed by atoms with Gasteiger partial charge in [0.1, 0.15) is 5.01 Å². The molecule has 2 aromatic rings. The molecule has 1 aromatic carbocycles. The van der Waals surface area contributed by atoms with Crippen molar-refractivity contribution >= 4 is 23.0 Å². The molecule has 0 aliphatic heterocycles. The maximum Gasteiger partial charge on any atom is 0.312 e. The largest absolute Gasteiger partial charge is 0.407 e. The summed E-state index contributed by atoms with van der Waals surface area (Å²) in [4.78, 5) is 25.3. The summed E-state index contributed by atoms with van der Waals surface area (Å²) in [5.41, 5.74) is 0.771. The van der Waals surface area contributed by atoms with E-state index in [1.807, 2.05) is 0 Å². The molecular formula is C12H10N2O4S. The van der Waals surface area contributed by atoms with Crippen molar-refractivity contribution in [3.8, 4) is 16.5 Å². The third-order valence-corrected chi connectivity index (χ3v) is 3.19. The molecule has 0 saturated carbocycles. The Bertz CT molecular complexity index is 606. The van der Waals surface area contributed by atoms with Crippen LogP contribution in [-0.2, 0) is 4.79 Å². The van der Waals surface area contributed by atoms with Gasteiger partial charge in [-0.25, -0.2) is 4.98 Å².